The van der Waals surface area contributed by atoms with Crippen molar-refractivity contribution in [2.45, 2.75) is 59.0 Å². The zero-order chi connectivity index (χ0) is 14.4. The van der Waals surface area contributed by atoms with E-state index in [1.807, 2.05) is 0 Å². The molecule has 0 aromatic carbocycles. The summed E-state index contributed by atoms with van der Waals surface area (Å²) in [5.74, 6) is 0. The lowest BCUT2D eigenvalue weighted by molar-refractivity contribution is 0.186. The van der Waals surface area contributed by atoms with Crippen LogP contribution in [0.5, 0.6) is 0 Å². The molecule has 0 aliphatic carbocycles. The number of piperidine rings is 1. The van der Waals surface area contributed by atoms with Crippen LogP contribution < -0.4 is 5.32 Å². The largest absolute Gasteiger partial charge is 0.313 e. The second-order valence-electron chi connectivity index (χ2n) is 6.10. The number of rotatable bonds is 7. The second-order valence-corrected chi connectivity index (χ2v) is 6.10. The molecule has 0 radical (unpaired) electrons. The van der Waals surface area contributed by atoms with Crippen molar-refractivity contribution in [2.75, 3.05) is 26.2 Å². The summed E-state index contributed by atoms with van der Waals surface area (Å²) in [6, 6.07) is 2.86. The zero-order valence-electron chi connectivity index (χ0n) is 13.4. The molecule has 114 valence electrons. The highest BCUT2D eigenvalue weighted by atomic mass is 15.3. The van der Waals surface area contributed by atoms with E-state index in [1.165, 1.54) is 51.0 Å². The molecule has 4 heteroatoms. The summed E-state index contributed by atoms with van der Waals surface area (Å²) in [6.45, 7) is 12.3. The Balaban J connectivity index is 1.69. The Bertz CT molecular complexity index is 399. The van der Waals surface area contributed by atoms with Crippen molar-refractivity contribution >= 4 is 0 Å². The molecule has 0 spiro atoms. The average molecular weight is 278 g/mol. The number of hydrogen-bond donors (Lipinski definition) is 1. The fourth-order valence-electron chi connectivity index (χ4n) is 3.12. The quantitative estimate of drug-likeness (QED) is 0.831. The Kier molecular flexibility index (Phi) is 6.05. The molecule has 1 aliphatic rings. The van der Waals surface area contributed by atoms with Crippen molar-refractivity contribution < 1.29 is 0 Å². The zero-order valence-corrected chi connectivity index (χ0v) is 13.4. The Morgan fingerprint density at radius 2 is 2.20 bits per heavy atom. The predicted octanol–water partition coefficient (Wildman–Crippen LogP) is 2.35. The van der Waals surface area contributed by atoms with E-state index in [1.54, 1.807) is 0 Å². The lowest BCUT2D eigenvalue weighted by atomic mass is 10.1. The molecule has 4 nitrogen and oxygen atoms in total. The fraction of sp³-hybridized carbons (Fsp3) is 0.812. The molecule has 1 aromatic rings. The van der Waals surface area contributed by atoms with E-state index < -0.39 is 0 Å². The molecule has 1 N–H and O–H groups in total. The van der Waals surface area contributed by atoms with Gasteiger partial charge in [0.1, 0.15) is 0 Å². The van der Waals surface area contributed by atoms with E-state index in [2.05, 4.69) is 46.8 Å². The smallest absolute Gasteiger partial charge is 0.0596 e. The van der Waals surface area contributed by atoms with Gasteiger partial charge in [0.15, 0.2) is 0 Å². The van der Waals surface area contributed by atoms with Crippen LogP contribution in [0.2, 0.25) is 0 Å². The van der Waals surface area contributed by atoms with Gasteiger partial charge in [-0.15, -0.1) is 0 Å². The third-order valence-corrected chi connectivity index (χ3v) is 4.14. The molecule has 0 saturated carbocycles. The Morgan fingerprint density at radius 1 is 1.35 bits per heavy atom. The van der Waals surface area contributed by atoms with Crippen molar-refractivity contribution in [2.24, 2.45) is 0 Å². The van der Waals surface area contributed by atoms with Crippen LogP contribution in [0.1, 0.15) is 44.0 Å². The fourth-order valence-corrected chi connectivity index (χ4v) is 3.12. The molecule has 1 aromatic heterocycles. The normalized spacial score (nSPS) is 20.4. The van der Waals surface area contributed by atoms with Crippen LogP contribution in [0, 0.1) is 13.8 Å². The van der Waals surface area contributed by atoms with E-state index in [-0.39, 0.29) is 0 Å². The summed E-state index contributed by atoms with van der Waals surface area (Å²) in [5, 5.41) is 8.20. The third kappa shape index (κ3) is 4.60. The standard InChI is InChI=1S/C16H30N4/c1-4-8-17-16-7-5-9-19(13-16)10-6-11-20-15(3)12-14(2)18-20/h12,16-17H,4-11,13H2,1-3H3. The van der Waals surface area contributed by atoms with Gasteiger partial charge in [0.2, 0.25) is 0 Å². The van der Waals surface area contributed by atoms with E-state index >= 15 is 0 Å². The van der Waals surface area contributed by atoms with Gasteiger partial charge in [-0.1, -0.05) is 6.92 Å². The van der Waals surface area contributed by atoms with Gasteiger partial charge in [-0.2, -0.15) is 5.10 Å². The van der Waals surface area contributed by atoms with E-state index in [4.69, 9.17) is 0 Å². The van der Waals surface area contributed by atoms with Gasteiger partial charge in [-0.05, 0) is 65.2 Å². The molecule has 20 heavy (non-hydrogen) atoms. The van der Waals surface area contributed by atoms with Crippen molar-refractivity contribution in [3.8, 4) is 0 Å². The minimum absolute atomic E-state index is 0.706. The Labute approximate surface area is 123 Å². The van der Waals surface area contributed by atoms with Crippen molar-refractivity contribution in [3.63, 3.8) is 0 Å². The Hall–Kier alpha value is -0.870. The summed E-state index contributed by atoms with van der Waals surface area (Å²) >= 11 is 0. The van der Waals surface area contributed by atoms with Crippen LogP contribution in [0.15, 0.2) is 6.07 Å². The summed E-state index contributed by atoms with van der Waals surface area (Å²) in [7, 11) is 0. The van der Waals surface area contributed by atoms with Crippen molar-refractivity contribution in [1.29, 1.82) is 0 Å². The summed E-state index contributed by atoms with van der Waals surface area (Å²) in [6.07, 6.45) is 5.10. The molecule has 0 bridgehead atoms. The maximum absolute atomic E-state index is 4.53. The molecule has 1 saturated heterocycles. The van der Waals surface area contributed by atoms with Gasteiger partial charge >= 0.3 is 0 Å². The molecular weight excluding hydrogens is 248 g/mol. The number of nitrogens with zero attached hydrogens (tertiary/aromatic N) is 3. The number of aryl methyl sites for hydroxylation is 3. The highest BCUT2D eigenvalue weighted by molar-refractivity contribution is 5.06. The highest BCUT2D eigenvalue weighted by Crippen LogP contribution is 2.11. The molecule has 2 rings (SSSR count). The molecular formula is C16H30N4. The molecule has 1 fully saturated rings. The average Bonchev–Trinajstić information content (AvgIpc) is 2.75. The van der Waals surface area contributed by atoms with Crippen molar-refractivity contribution in [1.82, 2.24) is 20.0 Å². The maximum Gasteiger partial charge on any atom is 0.0596 e. The molecule has 0 amide bonds. The maximum atomic E-state index is 4.53. The highest BCUT2D eigenvalue weighted by Gasteiger charge is 2.18. The summed E-state index contributed by atoms with van der Waals surface area (Å²) in [5.41, 5.74) is 2.41. The monoisotopic (exact) mass is 278 g/mol. The van der Waals surface area contributed by atoms with Crippen LogP contribution in [0.25, 0.3) is 0 Å². The molecule has 1 atom stereocenters. The number of aromatic nitrogens is 2. The van der Waals surface area contributed by atoms with Crippen LogP contribution in [-0.4, -0.2) is 46.9 Å². The van der Waals surface area contributed by atoms with Gasteiger partial charge in [-0.25, -0.2) is 0 Å². The van der Waals surface area contributed by atoms with Crippen molar-refractivity contribution in [3.05, 3.63) is 17.5 Å². The predicted molar refractivity (Wildman–Crippen MR) is 84.1 cm³/mol. The minimum atomic E-state index is 0.706. The first kappa shape index (κ1) is 15.5. The lowest BCUT2D eigenvalue weighted by Crippen LogP contribution is -2.46. The topological polar surface area (TPSA) is 33.1 Å². The van der Waals surface area contributed by atoms with Gasteiger partial charge in [-0.3, -0.25) is 4.68 Å². The molecule has 1 aliphatic heterocycles. The molecule has 2 heterocycles. The summed E-state index contributed by atoms with van der Waals surface area (Å²) in [4.78, 5) is 2.61. The Morgan fingerprint density at radius 3 is 2.90 bits per heavy atom. The second kappa shape index (κ2) is 7.79. The number of hydrogen-bond acceptors (Lipinski definition) is 3. The van der Waals surface area contributed by atoms with Gasteiger partial charge in [0.25, 0.3) is 0 Å². The van der Waals surface area contributed by atoms with E-state index in [9.17, 15) is 0 Å². The van der Waals surface area contributed by atoms with E-state index in [0.29, 0.717) is 6.04 Å². The van der Waals surface area contributed by atoms with Crippen LogP contribution in [0.4, 0.5) is 0 Å². The number of likely N-dealkylation sites (tertiary alicyclic amines) is 1. The first-order valence-electron chi connectivity index (χ1n) is 8.16. The van der Waals surface area contributed by atoms with Crippen LogP contribution in [-0.2, 0) is 6.54 Å². The first-order chi connectivity index (χ1) is 9.69. The van der Waals surface area contributed by atoms with Gasteiger partial charge in [0, 0.05) is 24.8 Å². The minimum Gasteiger partial charge on any atom is -0.313 e. The van der Waals surface area contributed by atoms with Gasteiger partial charge < -0.3 is 10.2 Å². The van der Waals surface area contributed by atoms with Crippen LogP contribution >= 0.6 is 0 Å². The number of nitrogens with one attached hydrogen (secondary N) is 1. The molecule has 1 unspecified atom stereocenters. The van der Waals surface area contributed by atoms with E-state index in [0.717, 1.165) is 18.8 Å². The third-order valence-electron chi connectivity index (χ3n) is 4.14. The van der Waals surface area contributed by atoms with Crippen LogP contribution in [0.3, 0.4) is 0 Å². The SMILES string of the molecule is CCCNC1CCCN(CCCn2nc(C)cc2C)C1. The lowest BCUT2D eigenvalue weighted by Gasteiger charge is -2.33. The van der Waals surface area contributed by atoms with Gasteiger partial charge in [0.05, 0.1) is 5.69 Å². The first-order valence-corrected chi connectivity index (χ1v) is 8.16. The summed E-state index contributed by atoms with van der Waals surface area (Å²) < 4.78 is 2.14.